The van der Waals surface area contributed by atoms with Crippen molar-refractivity contribution in [1.82, 2.24) is 0 Å². The molecule has 0 bridgehead atoms. The molecule has 5 heteroatoms. The topological polar surface area (TPSA) is 26.3 Å². The molecule has 0 aliphatic carbocycles. The molecule has 0 aliphatic rings. The second-order valence-electron chi connectivity index (χ2n) is 2.27. The average Bonchev–Trinajstić information content (AvgIpc) is 2.51. The number of thioether (sulfide) groups is 1. The van der Waals surface area contributed by atoms with E-state index in [0.717, 1.165) is 10.1 Å². The second kappa shape index (κ2) is 5.52. The van der Waals surface area contributed by atoms with Gasteiger partial charge in [-0.05, 0) is 12.1 Å². The number of hydrogen-bond donors (Lipinski definition) is 0. The van der Waals surface area contributed by atoms with Crippen LogP contribution in [-0.2, 0) is 15.3 Å². The number of methoxy groups -OCH3 is 1. The summed E-state index contributed by atoms with van der Waals surface area (Å²) in [6, 6.07) is 3.83. The van der Waals surface area contributed by atoms with Crippen LogP contribution in [0, 0.1) is 0 Å². The molecule has 1 aromatic rings. The zero-order valence-corrected chi connectivity index (χ0v) is 9.47. The monoisotopic (exact) mass is 236 g/mol. The molecule has 0 unspecified atom stereocenters. The Kier molecular flexibility index (Phi) is 4.62. The third-order valence-electron chi connectivity index (χ3n) is 1.32. The number of thiophene rings is 1. The molecule has 0 saturated heterocycles. The maximum absolute atomic E-state index is 10.7. The van der Waals surface area contributed by atoms with Crippen molar-refractivity contribution in [2.45, 2.75) is 5.75 Å². The smallest absolute Gasteiger partial charge is 0.315 e. The van der Waals surface area contributed by atoms with Gasteiger partial charge < -0.3 is 4.74 Å². The highest BCUT2D eigenvalue weighted by atomic mass is 35.5. The van der Waals surface area contributed by atoms with Gasteiger partial charge in [-0.2, -0.15) is 0 Å². The summed E-state index contributed by atoms with van der Waals surface area (Å²) in [5.74, 6) is 1.02. The van der Waals surface area contributed by atoms with Crippen LogP contribution in [0.1, 0.15) is 4.88 Å². The predicted octanol–water partition coefficient (Wildman–Crippen LogP) is 2.81. The lowest BCUT2D eigenvalue weighted by Gasteiger charge is -1.97. The van der Waals surface area contributed by atoms with Crippen molar-refractivity contribution in [1.29, 1.82) is 0 Å². The molecule has 0 spiro atoms. The first-order chi connectivity index (χ1) is 6.22. The highest BCUT2D eigenvalue weighted by Crippen LogP contribution is 2.24. The summed E-state index contributed by atoms with van der Waals surface area (Å²) < 4.78 is 5.30. The van der Waals surface area contributed by atoms with Gasteiger partial charge in [0.15, 0.2) is 0 Å². The zero-order chi connectivity index (χ0) is 9.68. The van der Waals surface area contributed by atoms with Crippen molar-refractivity contribution in [2.75, 3.05) is 12.9 Å². The minimum Gasteiger partial charge on any atom is -0.468 e. The Morgan fingerprint density at radius 3 is 3.00 bits per heavy atom. The van der Waals surface area contributed by atoms with Crippen LogP contribution in [0.25, 0.3) is 0 Å². The van der Waals surface area contributed by atoms with Crippen LogP contribution in [-0.4, -0.2) is 18.8 Å². The third kappa shape index (κ3) is 4.02. The minimum atomic E-state index is -0.187. The number of halogens is 1. The normalized spacial score (nSPS) is 10.0. The van der Waals surface area contributed by atoms with Crippen LogP contribution in [0.4, 0.5) is 0 Å². The van der Waals surface area contributed by atoms with E-state index in [2.05, 4.69) is 4.74 Å². The van der Waals surface area contributed by atoms with Crippen molar-refractivity contribution in [3.05, 3.63) is 21.3 Å². The summed E-state index contributed by atoms with van der Waals surface area (Å²) >= 11 is 8.82. The van der Waals surface area contributed by atoms with Crippen molar-refractivity contribution in [3.63, 3.8) is 0 Å². The minimum absolute atomic E-state index is 0.187. The van der Waals surface area contributed by atoms with Crippen molar-refractivity contribution >= 4 is 40.7 Å². The summed E-state index contributed by atoms with van der Waals surface area (Å²) in [4.78, 5) is 11.9. The van der Waals surface area contributed by atoms with Gasteiger partial charge in [-0.25, -0.2) is 0 Å². The van der Waals surface area contributed by atoms with E-state index < -0.39 is 0 Å². The molecule has 1 aromatic heterocycles. The Labute approximate surface area is 90.2 Å². The molecule has 0 atom stereocenters. The van der Waals surface area contributed by atoms with Crippen molar-refractivity contribution in [3.8, 4) is 0 Å². The molecular formula is C8H9ClO2S2. The van der Waals surface area contributed by atoms with E-state index >= 15 is 0 Å². The third-order valence-corrected chi connectivity index (χ3v) is 3.69. The molecule has 0 radical (unpaired) electrons. The number of ether oxygens (including phenoxy) is 1. The predicted molar refractivity (Wildman–Crippen MR) is 57.5 cm³/mol. The Morgan fingerprint density at radius 2 is 2.46 bits per heavy atom. The van der Waals surface area contributed by atoms with E-state index in [1.165, 1.54) is 35.1 Å². The van der Waals surface area contributed by atoms with E-state index in [1.54, 1.807) is 0 Å². The molecule has 1 rings (SSSR count). The molecule has 1 heterocycles. The maximum atomic E-state index is 10.7. The molecule has 0 aliphatic heterocycles. The second-order valence-corrected chi connectivity index (χ2v) is 5.06. The molecule has 72 valence electrons. The Balaban J connectivity index is 2.24. The number of esters is 1. The van der Waals surface area contributed by atoms with Crippen molar-refractivity contribution < 1.29 is 9.53 Å². The van der Waals surface area contributed by atoms with Gasteiger partial charge in [0.05, 0.1) is 17.2 Å². The van der Waals surface area contributed by atoms with Gasteiger partial charge in [0.25, 0.3) is 0 Å². The quantitative estimate of drug-likeness (QED) is 0.752. The lowest BCUT2D eigenvalue weighted by Crippen LogP contribution is -2.02. The summed E-state index contributed by atoms with van der Waals surface area (Å²) in [5.41, 5.74) is 0. The van der Waals surface area contributed by atoms with E-state index in [4.69, 9.17) is 11.6 Å². The Hall–Kier alpha value is -0.190. The summed E-state index contributed by atoms with van der Waals surface area (Å²) in [6.45, 7) is 0. The molecular weight excluding hydrogens is 228 g/mol. The van der Waals surface area contributed by atoms with Gasteiger partial charge in [-0.3, -0.25) is 4.79 Å². The van der Waals surface area contributed by atoms with Crippen LogP contribution < -0.4 is 0 Å². The summed E-state index contributed by atoms with van der Waals surface area (Å²) in [7, 11) is 1.39. The number of hydrogen-bond acceptors (Lipinski definition) is 4. The molecule has 2 nitrogen and oxygen atoms in total. The average molecular weight is 237 g/mol. The molecule has 0 fully saturated rings. The fourth-order valence-electron chi connectivity index (χ4n) is 0.723. The van der Waals surface area contributed by atoms with Gasteiger partial charge in [-0.15, -0.1) is 23.1 Å². The molecule has 0 saturated carbocycles. The fourth-order valence-corrected chi connectivity index (χ4v) is 2.78. The van der Waals surface area contributed by atoms with E-state index in [9.17, 15) is 4.79 Å². The lowest BCUT2D eigenvalue weighted by molar-refractivity contribution is -0.137. The number of carbonyl (C=O) groups is 1. The lowest BCUT2D eigenvalue weighted by atomic mass is 10.5. The fraction of sp³-hybridized carbons (Fsp3) is 0.375. The van der Waals surface area contributed by atoms with Crippen LogP contribution in [0.2, 0.25) is 4.34 Å². The van der Waals surface area contributed by atoms with Crippen LogP contribution in [0.3, 0.4) is 0 Å². The van der Waals surface area contributed by atoms with Gasteiger partial charge in [0.2, 0.25) is 0 Å². The van der Waals surface area contributed by atoms with E-state index in [1.807, 2.05) is 12.1 Å². The molecule has 13 heavy (non-hydrogen) atoms. The summed E-state index contributed by atoms with van der Waals surface area (Å²) in [5, 5.41) is 0. The highest BCUT2D eigenvalue weighted by Gasteiger charge is 2.02. The van der Waals surface area contributed by atoms with Gasteiger partial charge in [-0.1, -0.05) is 11.6 Å². The first kappa shape index (κ1) is 10.9. The molecule has 0 N–H and O–H groups in total. The largest absolute Gasteiger partial charge is 0.468 e. The van der Waals surface area contributed by atoms with Crippen LogP contribution in [0.15, 0.2) is 12.1 Å². The maximum Gasteiger partial charge on any atom is 0.315 e. The highest BCUT2D eigenvalue weighted by molar-refractivity contribution is 7.99. The Bertz CT molecular complexity index is 285. The summed E-state index contributed by atoms with van der Waals surface area (Å²) in [6.07, 6.45) is 0. The van der Waals surface area contributed by atoms with Crippen LogP contribution in [0.5, 0.6) is 0 Å². The first-order valence-electron chi connectivity index (χ1n) is 3.61. The van der Waals surface area contributed by atoms with E-state index in [-0.39, 0.29) is 5.97 Å². The van der Waals surface area contributed by atoms with E-state index in [0.29, 0.717) is 5.75 Å². The Morgan fingerprint density at radius 1 is 1.69 bits per heavy atom. The SMILES string of the molecule is COC(=O)CSCc1ccc(Cl)s1. The zero-order valence-electron chi connectivity index (χ0n) is 7.08. The standard InChI is InChI=1S/C8H9ClO2S2/c1-11-8(10)5-12-4-6-2-3-7(9)13-6/h2-3H,4-5H2,1H3. The number of carbonyl (C=O) groups excluding carboxylic acids is 1. The first-order valence-corrected chi connectivity index (χ1v) is 5.96. The molecule has 0 aromatic carbocycles. The van der Waals surface area contributed by atoms with Crippen LogP contribution >= 0.6 is 34.7 Å². The molecule has 0 amide bonds. The number of rotatable bonds is 4. The van der Waals surface area contributed by atoms with Crippen molar-refractivity contribution in [2.24, 2.45) is 0 Å². The van der Waals surface area contributed by atoms with Gasteiger partial charge in [0, 0.05) is 10.6 Å². The van der Waals surface area contributed by atoms with Gasteiger partial charge in [0.1, 0.15) is 0 Å². The van der Waals surface area contributed by atoms with Gasteiger partial charge >= 0.3 is 5.97 Å².